The van der Waals surface area contributed by atoms with Gasteiger partial charge in [-0.3, -0.25) is 0 Å². The lowest BCUT2D eigenvalue weighted by Crippen LogP contribution is -2.22. The molecule has 1 aromatic heterocycles. The summed E-state index contributed by atoms with van der Waals surface area (Å²) in [6, 6.07) is 0. The molecule has 0 aliphatic heterocycles. The first-order valence-electron chi connectivity index (χ1n) is 3.32. The summed E-state index contributed by atoms with van der Waals surface area (Å²) in [6.07, 6.45) is -3.48. The molecule has 0 unspecified atom stereocenters. The molecule has 0 saturated carbocycles. The van der Waals surface area contributed by atoms with Gasteiger partial charge in [0.25, 0.3) is 0 Å². The summed E-state index contributed by atoms with van der Waals surface area (Å²) < 4.78 is 36.2. The molecule has 14 heavy (non-hydrogen) atoms. The number of halogens is 4. The van der Waals surface area contributed by atoms with E-state index in [2.05, 4.69) is 21.0 Å². The number of aromatic nitrogens is 2. The average molecular weight is 273 g/mol. The van der Waals surface area contributed by atoms with Crippen LogP contribution in [0.25, 0.3) is 0 Å². The van der Waals surface area contributed by atoms with Crippen molar-refractivity contribution in [2.75, 3.05) is 0 Å². The van der Waals surface area contributed by atoms with Crippen LogP contribution < -0.4 is 0 Å². The van der Waals surface area contributed by atoms with Gasteiger partial charge in [0.1, 0.15) is 6.54 Å². The van der Waals surface area contributed by atoms with Gasteiger partial charge in [-0.2, -0.15) is 18.3 Å². The quantitative estimate of drug-likeness (QED) is 0.895. The molecule has 1 heterocycles. The maximum atomic E-state index is 11.9. The molecule has 1 N–H and O–H groups in total. The van der Waals surface area contributed by atoms with Crippen molar-refractivity contribution >= 4 is 21.9 Å². The van der Waals surface area contributed by atoms with E-state index >= 15 is 0 Å². The van der Waals surface area contributed by atoms with E-state index in [0.29, 0.717) is 4.68 Å². The topological polar surface area (TPSA) is 55.1 Å². The molecule has 0 saturated heterocycles. The van der Waals surface area contributed by atoms with Crippen molar-refractivity contribution in [1.29, 1.82) is 0 Å². The first kappa shape index (κ1) is 11.0. The summed E-state index contributed by atoms with van der Waals surface area (Å²) in [5.41, 5.74) is -0.512. The standard InChI is InChI=1S/C6H4BrF3N2O2/c7-3-1-11-12(2-6(8,9)10)4(3)5(13)14/h1H,2H2,(H,13,14). The van der Waals surface area contributed by atoms with Gasteiger partial charge < -0.3 is 5.11 Å². The Hall–Kier alpha value is -1.05. The van der Waals surface area contributed by atoms with Gasteiger partial charge in [-0.25, -0.2) is 9.48 Å². The number of aromatic carboxylic acids is 1. The van der Waals surface area contributed by atoms with Gasteiger partial charge in [0, 0.05) is 0 Å². The van der Waals surface area contributed by atoms with Crippen LogP contribution in [-0.4, -0.2) is 27.0 Å². The van der Waals surface area contributed by atoms with Crippen LogP contribution in [0, 0.1) is 0 Å². The molecule has 0 fully saturated rings. The molecule has 0 aromatic carbocycles. The minimum Gasteiger partial charge on any atom is -0.476 e. The van der Waals surface area contributed by atoms with Crippen molar-refractivity contribution in [3.63, 3.8) is 0 Å². The molecule has 0 amide bonds. The molecule has 4 nitrogen and oxygen atoms in total. The van der Waals surface area contributed by atoms with E-state index in [9.17, 15) is 18.0 Å². The first-order chi connectivity index (χ1) is 6.31. The zero-order valence-electron chi connectivity index (χ0n) is 6.55. The number of carboxylic acid groups (broad SMARTS) is 1. The molecule has 1 aromatic rings. The summed E-state index contributed by atoms with van der Waals surface area (Å²) in [5, 5.41) is 11.9. The highest BCUT2D eigenvalue weighted by atomic mass is 79.9. The van der Waals surface area contributed by atoms with Crippen LogP contribution in [0.5, 0.6) is 0 Å². The first-order valence-corrected chi connectivity index (χ1v) is 4.12. The molecule has 0 atom stereocenters. The molecule has 0 bridgehead atoms. The molecule has 0 aliphatic rings. The highest BCUT2D eigenvalue weighted by Crippen LogP contribution is 2.21. The lowest BCUT2D eigenvalue weighted by Gasteiger charge is -2.07. The zero-order valence-corrected chi connectivity index (χ0v) is 8.13. The number of hydrogen-bond acceptors (Lipinski definition) is 2. The summed E-state index contributed by atoms with van der Waals surface area (Å²) >= 11 is 2.79. The fourth-order valence-corrected chi connectivity index (χ4v) is 1.33. The van der Waals surface area contributed by atoms with Crippen LogP contribution in [-0.2, 0) is 6.54 Å². The third kappa shape index (κ3) is 2.47. The number of nitrogens with zero attached hydrogens (tertiary/aromatic N) is 2. The van der Waals surface area contributed by atoms with E-state index in [1.807, 2.05) is 0 Å². The smallest absolute Gasteiger partial charge is 0.408 e. The Labute approximate surface area is 84.5 Å². The van der Waals surface area contributed by atoms with E-state index in [-0.39, 0.29) is 4.47 Å². The third-order valence-electron chi connectivity index (χ3n) is 1.33. The zero-order chi connectivity index (χ0) is 10.9. The van der Waals surface area contributed by atoms with E-state index in [4.69, 9.17) is 5.11 Å². The van der Waals surface area contributed by atoms with Crippen molar-refractivity contribution < 1.29 is 23.1 Å². The number of carbonyl (C=O) groups is 1. The average Bonchev–Trinajstić information content (AvgIpc) is 2.27. The molecule has 0 aliphatic carbocycles. The summed E-state index contributed by atoms with van der Waals surface area (Å²) in [6.45, 7) is -1.42. The number of alkyl halides is 3. The van der Waals surface area contributed by atoms with Crippen molar-refractivity contribution in [2.24, 2.45) is 0 Å². The number of rotatable bonds is 2. The van der Waals surface area contributed by atoms with Crippen molar-refractivity contribution in [3.05, 3.63) is 16.4 Å². The number of carboxylic acids is 1. The van der Waals surface area contributed by atoms with Crippen LogP contribution in [0.15, 0.2) is 10.7 Å². The maximum Gasteiger partial charge on any atom is 0.408 e. The predicted octanol–water partition coefficient (Wildman–Crippen LogP) is 1.91. The molecule has 8 heteroatoms. The minimum absolute atomic E-state index is 0.0225. The van der Waals surface area contributed by atoms with Gasteiger partial charge >= 0.3 is 12.1 Å². The fourth-order valence-electron chi connectivity index (χ4n) is 0.865. The number of hydrogen-bond donors (Lipinski definition) is 1. The Bertz CT molecular complexity index is 360. The lowest BCUT2D eigenvalue weighted by molar-refractivity contribution is -0.142. The Morgan fingerprint density at radius 2 is 2.21 bits per heavy atom. The molecule has 1 rings (SSSR count). The fraction of sp³-hybridized carbons (Fsp3) is 0.333. The van der Waals surface area contributed by atoms with Gasteiger partial charge in [-0.1, -0.05) is 0 Å². The summed E-state index contributed by atoms with van der Waals surface area (Å²) in [7, 11) is 0. The van der Waals surface area contributed by atoms with Crippen LogP contribution >= 0.6 is 15.9 Å². The molecule has 78 valence electrons. The monoisotopic (exact) mass is 272 g/mol. The normalized spacial score (nSPS) is 11.7. The molecular weight excluding hydrogens is 269 g/mol. The van der Waals surface area contributed by atoms with Crippen LogP contribution in [0.2, 0.25) is 0 Å². The van der Waals surface area contributed by atoms with Gasteiger partial charge in [-0.05, 0) is 15.9 Å². The van der Waals surface area contributed by atoms with Gasteiger partial charge in [0.15, 0.2) is 5.69 Å². The van der Waals surface area contributed by atoms with E-state index < -0.39 is 24.4 Å². The van der Waals surface area contributed by atoms with Gasteiger partial charge in [0.2, 0.25) is 0 Å². The molecular formula is C6H4BrF3N2O2. The van der Waals surface area contributed by atoms with E-state index in [1.54, 1.807) is 0 Å². The second kappa shape index (κ2) is 3.60. The van der Waals surface area contributed by atoms with Crippen LogP contribution in [0.1, 0.15) is 10.5 Å². The van der Waals surface area contributed by atoms with Crippen molar-refractivity contribution in [3.8, 4) is 0 Å². The highest BCUT2D eigenvalue weighted by Gasteiger charge is 2.31. The predicted molar refractivity (Wildman–Crippen MR) is 42.9 cm³/mol. The third-order valence-corrected chi connectivity index (χ3v) is 1.91. The summed E-state index contributed by atoms with van der Waals surface area (Å²) in [4.78, 5) is 10.5. The second-order valence-electron chi connectivity index (χ2n) is 2.42. The van der Waals surface area contributed by atoms with Gasteiger partial charge in [0.05, 0.1) is 10.7 Å². The molecule has 0 radical (unpaired) electrons. The Morgan fingerprint density at radius 3 is 2.64 bits per heavy atom. The van der Waals surface area contributed by atoms with Gasteiger partial charge in [-0.15, -0.1) is 0 Å². The lowest BCUT2D eigenvalue weighted by atomic mass is 10.4. The SMILES string of the molecule is O=C(O)c1c(Br)cnn1CC(F)(F)F. The van der Waals surface area contributed by atoms with E-state index in [0.717, 1.165) is 6.20 Å². The van der Waals surface area contributed by atoms with Crippen LogP contribution in [0.4, 0.5) is 13.2 Å². The Kier molecular flexibility index (Phi) is 2.84. The Balaban J connectivity index is 3.04. The second-order valence-corrected chi connectivity index (χ2v) is 3.27. The van der Waals surface area contributed by atoms with E-state index in [1.165, 1.54) is 0 Å². The highest BCUT2D eigenvalue weighted by molar-refractivity contribution is 9.10. The van der Waals surface area contributed by atoms with Crippen molar-refractivity contribution in [1.82, 2.24) is 9.78 Å². The Morgan fingerprint density at radius 1 is 1.64 bits per heavy atom. The summed E-state index contributed by atoms with van der Waals surface area (Å²) in [5.74, 6) is -1.46. The minimum atomic E-state index is -4.49. The van der Waals surface area contributed by atoms with Crippen LogP contribution in [0.3, 0.4) is 0 Å². The largest absolute Gasteiger partial charge is 0.476 e. The van der Waals surface area contributed by atoms with Crippen molar-refractivity contribution in [2.45, 2.75) is 12.7 Å². The molecule has 0 spiro atoms. The maximum absolute atomic E-state index is 11.9.